The molecule has 1 amide bonds. The molecule has 0 atom stereocenters. The number of thioether (sulfide) groups is 1. The summed E-state index contributed by atoms with van der Waals surface area (Å²) in [5.74, 6) is 0.466. The second-order valence-electron chi connectivity index (χ2n) is 7.17. The predicted molar refractivity (Wildman–Crippen MR) is 134 cm³/mol. The van der Waals surface area contributed by atoms with Gasteiger partial charge in [0.1, 0.15) is 0 Å². The van der Waals surface area contributed by atoms with Gasteiger partial charge in [-0.15, -0.1) is 11.8 Å². The molecule has 1 N–H and O–H groups in total. The van der Waals surface area contributed by atoms with E-state index in [9.17, 15) is 14.9 Å². The highest BCUT2D eigenvalue weighted by molar-refractivity contribution is 7.98. The highest BCUT2D eigenvalue weighted by Crippen LogP contribution is 2.24. The van der Waals surface area contributed by atoms with E-state index >= 15 is 0 Å². The van der Waals surface area contributed by atoms with Crippen molar-refractivity contribution in [1.29, 1.82) is 0 Å². The van der Waals surface area contributed by atoms with Crippen LogP contribution in [-0.4, -0.2) is 30.1 Å². The first-order chi connectivity index (χ1) is 16.0. The van der Waals surface area contributed by atoms with Crippen LogP contribution in [-0.2, 0) is 5.75 Å². The van der Waals surface area contributed by atoms with Crippen LogP contribution in [0.1, 0.15) is 35.3 Å². The van der Waals surface area contributed by atoms with Crippen molar-refractivity contribution < 1.29 is 9.72 Å². The number of carbonyl (C=O) groups excluding carboxylic acids is 1. The third-order valence-corrected chi connectivity index (χ3v) is 6.14. The Bertz CT molecular complexity index is 1110. The predicted octanol–water partition coefficient (Wildman–Crippen LogP) is 5.50. The lowest BCUT2D eigenvalue weighted by molar-refractivity contribution is -0.384. The van der Waals surface area contributed by atoms with E-state index in [4.69, 9.17) is 0 Å². The minimum atomic E-state index is -0.445. The van der Waals surface area contributed by atoms with E-state index in [2.05, 4.69) is 27.6 Å². The van der Waals surface area contributed by atoms with Gasteiger partial charge in [0.25, 0.3) is 11.6 Å². The van der Waals surface area contributed by atoms with Gasteiger partial charge in [-0.25, -0.2) is 5.43 Å². The van der Waals surface area contributed by atoms with E-state index < -0.39 is 4.92 Å². The molecule has 0 aliphatic heterocycles. The van der Waals surface area contributed by atoms with Crippen molar-refractivity contribution in [1.82, 2.24) is 5.43 Å². The van der Waals surface area contributed by atoms with Crippen molar-refractivity contribution >= 4 is 35.3 Å². The quantitative estimate of drug-likeness (QED) is 0.186. The zero-order valence-corrected chi connectivity index (χ0v) is 19.4. The Labute approximate surface area is 197 Å². The van der Waals surface area contributed by atoms with Gasteiger partial charge in [0.15, 0.2) is 0 Å². The average molecular weight is 463 g/mol. The Morgan fingerprint density at radius 1 is 1.06 bits per heavy atom. The number of non-ortho nitro benzene ring substituents is 1. The Morgan fingerprint density at radius 3 is 2.39 bits per heavy atom. The van der Waals surface area contributed by atoms with Gasteiger partial charge in [0.2, 0.25) is 0 Å². The first kappa shape index (κ1) is 24.0. The average Bonchev–Trinajstić information content (AvgIpc) is 2.85. The number of nitrogens with zero attached hydrogens (tertiary/aromatic N) is 3. The van der Waals surface area contributed by atoms with Crippen molar-refractivity contribution in [3.8, 4) is 0 Å². The fourth-order valence-electron chi connectivity index (χ4n) is 3.27. The van der Waals surface area contributed by atoms with Crippen molar-refractivity contribution in [2.24, 2.45) is 5.10 Å². The zero-order valence-electron chi connectivity index (χ0n) is 18.6. The molecular weight excluding hydrogens is 436 g/mol. The number of amides is 1. The summed E-state index contributed by atoms with van der Waals surface area (Å²) in [4.78, 5) is 26.5. The van der Waals surface area contributed by atoms with Crippen LogP contribution in [0.15, 0.2) is 82.8 Å². The third kappa shape index (κ3) is 6.66. The topological polar surface area (TPSA) is 87.8 Å². The molecule has 0 radical (unpaired) electrons. The van der Waals surface area contributed by atoms with E-state index in [0.29, 0.717) is 11.1 Å². The van der Waals surface area contributed by atoms with Gasteiger partial charge < -0.3 is 4.90 Å². The molecule has 0 aliphatic rings. The third-order valence-electron chi connectivity index (χ3n) is 5.06. The molecule has 3 aromatic rings. The second kappa shape index (κ2) is 11.8. The summed E-state index contributed by atoms with van der Waals surface area (Å²) in [6, 6.07) is 22.2. The molecule has 0 heterocycles. The molecular formula is C25H26N4O3S. The van der Waals surface area contributed by atoms with Crippen molar-refractivity contribution in [3.63, 3.8) is 0 Å². The summed E-state index contributed by atoms with van der Waals surface area (Å²) in [5.41, 5.74) is 5.49. The number of hydrogen-bond acceptors (Lipinski definition) is 6. The lowest BCUT2D eigenvalue weighted by atomic mass is 10.1. The standard InChI is InChI=1S/C25H26N4O3S/c1-3-28(4-2)24-15-14-22(29(31)32)16-21(24)17-26-27-25(30)20-12-10-19(11-13-20)18-33-23-8-6-5-7-9-23/h5-17H,3-4,18H2,1-2H3,(H,27,30)/b26-17-. The molecule has 0 unspecified atom stereocenters. The minimum Gasteiger partial charge on any atom is -0.372 e. The number of hydrazone groups is 1. The van der Waals surface area contributed by atoms with Gasteiger partial charge in [-0.05, 0) is 49.7 Å². The summed E-state index contributed by atoms with van der Waals surface area (Å²) in [7, 11) is 0. The van der Waals surface area contributed by atoms with Crippen LogP contribution in [0.3, 0.4) is 0 Å². The van der Waals surface area contributed by atoms with Crippen LogP contribution in [0, 0.1) is 10.1 Å². The maximum absolute atomic E-state index is 12.5. The molecule has 0 aliphatic carbocycles. The van der Waals surface area contributed by atoms with Crippen LogP contribution in [0.4, 0.5) is 11.4 Å². The molecule has 3 rings (SSSR count). The number of hydrogen-bond donors (Lipinski definition) is 1. The number of rotatable bonds is 10. The highest BCUT2D eigenvalue weighted by atomic mass is 32.2. The number of nitrogens with one attached hydrogen (secondary N) is 1. The number of nitro groups is 1. The SMILES string of the molecule is CCN(CC)c1ccc([N+](=O)[O-])cc1/C=N\NC(=O)c1ccc(CSc2ccccc2)cc1. The Balaban J connectivity index is 1.65. The Morgan fingerprint density at radius 2 is 1.76 bits per heavy atom. The molecule has 8 heteroatoms. The molecule has 0 aromatic heterocycles. The number of anilines is 1. The number of benzene rings is 3. The summed E-state index contributed by atoms with van der Waals surface area (Å²) in [6.45, 7) is 5.51. The fraction of sp³-hybridized carbons (Fsp3) is 0.200. The van der Waals surface area contributed by atoms with Gasteiger partial charge >= 0.3 is 0 Å². The van der Waals surface area contributed by atoms with E-state index in [1.807, 2.05) is 44.2 Å². The lowest BCUT2D eigenvalue weighted by Crippen LogP contribution is -2.23. The van der Waals surface area contributed by atoms with E-state index in [-0.39, 0.29) is 11.6 Å². The van der Waals surface area contributed by atoms with Crippen molar-refractivity contribution in [2.75, 3.05) is 18.0 Å². The molecule has 0 bridgehead atoms. The maximum atomic E-state index is 12.5. The Kier molecular flexibility index (Phi) is 8.60. The van der Waals surface area contributed by atoms with Crippen LogP contribution in [0.2, 0.25) is 0 Å². The van der Waals surface area contributed by atoms with Crippen molar-refractivity contribution in [3.05, 3.63) is 99.6 Å². The second-order valence-corrected chi connectivity index (χ2v) is 8.22. The van der Waals surface area contributed by atoms with E-state index in [0.717, 1.165) is 30.1 Å². The lowest BCUT2D eigenvalue weighted by Gasteiger charge is -2.22. The highest BCUT2D eigenvalue weighted by Gasteiger charge is 2.13. The minimum absolute atomic E-state index is 0.0253. The number of carbonyl (C=O) groups is 1. The normalized spacial score (nSPS) is 10.8. The molecule has 33 heavy (non-hydrogen) atoms. The molecule has 3 aromatic carbocycles. The van der Waals surface area contributed by atoms with E-state index in [1.54, 1.807) is 30.0 Å². The van der Waals surface area contributed by atoms with E-state index in [1.165, 1.54) is 23.2 Å². The van der Waals surface area contributed by atoms with Gasteiger partial charge in [0, 0.05) is 52.7 Å². The summed E-state index contributed by atoms with van der Waals surface area (Å²) in [6.07, 6.45) is 1.45. The monoisotopic (exact) mass is 462 g/mol. The van der Waals surface area contributed by atoms with Crippen LogP contribution in [0.25, 0.3) is 0 Å². The van der Waals surface area contributed by atoms with Crippen LogP contribution in [0.5, 0.6) is 0 Å². The van der Waals surface area contributed by atoms with Gasteiger partial charge in [-0.1, -0.05) is 30.3 Å². The largest absolute Gasteiger partial charge is 0.372 e. The van der Waals surface area contributed by atoms with Gasteiger partial charge in [-0.2, -0.15) is 5.10 Å². The maximum Gasteiger partial charge on any atom is 0.271 e. The molecule has 0 fully saturated rings. The molecule has 0 spiro atoms. The van der Waals surface area contributed by atoms with Crippen LogP contribution >= 0.6 is 11.8 Å². The fourth-order valence-corrected chi connectivity index (χ4v) is 4.15. The molecule has 0 saturated carbocycles. The van der Waals surface area contributed by atoms with Gasteiger partial charge in [-0.3, -0.25) is 14.9 Å². The first-order valence-corrected chi connectivity index (χ1v) is 11.6. The first-order valence-electron chi connectivity index (χ1n) is 10.7. The summed E-state index contributed by atoms with van der Waals surface area (Å²) in [5, 5.41) is 15.2. The Hall–Kier alpha value is -3.65. The summed E-state index contributed by atoms with van der Waals surface area (Å²) < 4.78 is 0. The molecule has 0 saturated heterocycles. The zero-order chi connectivity index (χ0) is 23.6. The summed E-state index contributed by atoms with van der Waals surface area (Å²) >= 11 is 1.73. The molecule has 170 valence electrons. The molecule has 7 nitrogen and oxygen atoms in total. The van der Waals surface area contributed by atoms with Gasteiger partial charge in [0.05, 0.1) is 11.1 Å². The number of nitro benzene ring substituents is 1. The van der Waals surface area contributed by atoms with Crippen molar-refractivity contribution in [2.45, 2.75) is 24.5 Å². The van der Waals surface area contributed by atoms with Crippen LogP contribution < -0.4 is 10.3 Å². The smallest absolute Gasteiger partial charge is 0.271 e.